The van der Waals surface area contributed by atoms with Gasteiger partial charge in [-0.15, -0.1) is 0 Å². The van der Waals surface area contributed by atoms with Crippen molar-refractivity contribution in [3.63, 3.8) is 0 Å². The molecule has 0 fully saturated rings. The molecule has 0 saturated heterocycles. The quantitative estimate of drug-likeness (QED) is 0.276. The van der Waals surface area contributed by atoms with E-state index in [1.165, 1.54) is 21.9 Å². The molecule has 4 aromatic carbocycles. The number of para-hydroxylation sites is 1. The van der Waals surface area contributed by atoms with Gasteiger partial charge in [-0.25, -0.2) is 9.18 Å². The number of rotatable bonds is 9. The molecule has 0 bridgehead atoms. The molecule has 4 aromatic rings. The molecular weight excluding hydrogens is 559 g/mol. The van der Waals surface area contributed by atoms with E-state index in [0.29, 0.717) is 33.9 Å². The fraction of sp³-hybridized carbons (Fsp3) is 0.171. The molecule has 222 valence electrons. The summed E-state index contributed by atoms with van der Waals surface area (Å²) in [6, 6.07) is 30.1. The Kier molecular flexibility index (Phi) is 8.10. The van der Waals surface area contributed by atoms with Gasteiger partial charge in [0.15, 0.2) is 0 Å². The Labute approximate surface area is 254 Å². The highest BCUT2D eigenvalue weighted by molar-refractivity contribution is 6.03. The number of urea groups is 1. The first kappa shape index (κ1) is 28.7. The smallest absolute Gasteiger partial charge is 0.322 e. The van der Waals surface area contributed by atoms with Gasteiger partial charge in [-0.05, 0) is 53.1 Å². The van der Waals surface area contributed by atoms with Crippen LogP contribution in [0.25, 0.3) is 0 Å². The molecule has 2 aliphatic rings. The molecule has 6 rings (SSSR count). The second-order valence-corrected chi connectivity index (χ2v) is 10.8. The van der Waals surface area contributed by atoms with Crippen molar-refractivity contribution in [3.8, 4) is 11.5 Å². The van der Waals surface area contributed by atoms with E-state index < -0.39 is 17.9 Å². The third-order valence-electron chi connectivity index (χ3n) is 7.87. The van der Waals surface area contributed by atoms with Crippen LogP contribution < -0.4 is 15.4 Å². The lowest BCUT2D eigenvalue weighted by molar-refractivity contribution is -0.136. The van der Waals surface area contributed by atoms with Gasteiger partial charge < -0.3 is 20.3 Å². The molecule has 2 atom stereocenters. The number of hydrogen-bond donors (Lipinski definition) is 2. The van der Waals surface area contributed by atoms with Crippen molar-refractivity contribution in [2.75, 3.05) is 13.6 Å². The Morgan fingerprint density at radius 2 is 1.59 bits per heavy atom. The Morgan fingerprint density at radius 3 is 2.34 bits per heavy atom. The summed E-state index contributed by atoms with van der Waals surface area (Å²) in [5.74, 6) is 0.114. The molecule has 0 aromatic heterocycles. The molecule has 0 radical (unpaired) electrons. The molecule has 0 spiro atoms. The minimum Gasteiger partial charge on any atom is -0.457 e. The number of benzene rings is 4. The van der Waals surface area contributed by atoms with E-state index in [0.717, 1.165) is 5.56 Å². The van der Waals surface area contributed by atoms with Crippen molar-refractivity contribution in [2.45, 2.75) is 25.0 Å². The van der Waals surface area contributed by atoms with Crippen molar-refractivity contribution in [3.05, 3.63) is 143 Å². The molecule has 0 unspecified atom stereocenters. The summed E-state index contributed by atoms with van der Waals surface area (Å²) < 4.78 is 19.8. The van der Waals surface area contributed by atoms with Crippen LogP contribution >= 0.6 is 0 Å². The Balaban J connectivity index is 1.29. The Hall–Kier alpha value is -5.44. The number of carbonyl (C=O) groups is 3. The summed E-state index contributed by atoms with van der Waals surface area (Å²) in [4.78, 5) is 44.0. The molecule has 0 aliphatic carbocycles. The zero-order valence-corrected chi connectivity index (χ0v) is 24.1. The molecule has 8 nitrogen and oxygen atoms in total. The summed E-state index contributed by atoms with van der Waals surface area (Å²) in [5.41, 5.74) is 3.10. The first-order chi connectivity index (χ1) is 21.4. The van der Waals surface area contributed by atoms with E-state index in [1.54, 1.807) is 25.2 Å². The van der Waals surface area contributed by atoms with E-state index in [4.69, 9.17) is 4.74 Å². The van der Waals surface area contributed by atoms with E-state index in [1.807, 2.05) is 78.9 Å². The standard InChI is InChI=1S/C35H31FN4O4/c1-39-30-22-40(29(19-23-10-4-2-5-11-23)33(41)37-21-24-12-8-14-26(36)18-24)34(42)31(30)32(38-35(39)43)25-13-9-17-28(20-25)44-27-15-6-3-7-16-27/h2-18,20,29,32H,19,21-22H2,1H3,(H,37,41)(H,38,43)/t29-,32-/m0/s1. The molecule has 2 heterocycles. The number of amides is 4. The number of nitrogens with one attached hydrogen (secondary N) is 2. The topological polar surface area (TPSA) is 91.0 Å². The molecule has 4 amide bonds. The van der Waals surface area contributed by atoms with Gasteiger partial charge in [0.05, 0.1) is 23.9 Å². The van der Waals surface area contributed by atoms with Crippen LogP contribution in [0.4, 0.5) is 9.18 Å². The lowest BCUT2D eigenvalue weighted by atomic mass is 9.95. The van der Waals surface area contributed by atoms with Gasteiger partial charge in [-0.1, -0.05) is 72.8 Å². The number of likely N-dealkylation sites (N-methyl/N-ethyl adjacent to an activating group) is 1. The fourth-order valence-electron chi connectivity index (χ4n) is 5.61. The molecule has 2 N–H and O–H groups in total. The number of halogens is 1. The van der Waals surface area contributed by atoms with Crippen LogP contribution in [0.15, 0.2) is 120 Å². The summed E-state index contributed by atoms with van der Waals surface area (Å²) in [6.45, 7) is 0.188. The van der Waals surface area contributed by atoms with Crippen LogP contribution in [0.2, 0.25) is 0 Å². The van der Waals surface area contributed by atoms with Crippen LogP contribution in [0.5, 0.6) is 11.5 Å². The highest BCUT2D eigenvalue weighted by atomic mass is 19.1. The second kappa shape index (κ2) is 12.4. The minimum atomic E-state index is -0.874. The number of ether oxygens (including phenoxy) is 1. The Bertz CT molecular complexity index is 1730. The van der Waals surface area contributed by atoms with Crippen molar-refractivity contribution in [2.24, 2.45) is 0 Å². The predicted octanol–water partition coefficient (Wildman–Crippen LogP) is 5.34. The second-order valence-electron chi connectivity index (χ2n) is 10.8. The van der Waals surface area contributed by atoms with E-state index in [2.05, 4.69) is 10.6 Å². The van der Waals surface area contributed by atoms with Crippen LogP contribution in [0.3, 0.4) is 0 Å². The molecular formula is C35H31FN4O4. The van der Waals surface area contributed by atoms with Crippen LogP contribution in [0.1, 0.15) is 22.7 Å². The zero-order valence-electron chi connectivity index (χ0n) is 24.1. The van der Waals surface area contributed by atoms with Crippen LogP contribution in [0, 0.1) is 5.82 Å². The van der Waals surface area contributed by atoms with Gasteiger partial charge in [-0.2, -0.15) is 0 Å². The van der Waals surface area contributed by atoms with Crippen molar-refractivity contribution in [1.82, 2.24) is 20.4 Å². The average Bonchev–Trinajstić information content (AvgIpc) is 3.38. The normalized spacial score (nSPS) is 16.8. The third-order valence-corrected chi connectivity index (χ3v) is 7.87. The monoisotopic (exact) mass is 590 g/mol. The highest BCUT2D eigenvalue weighted by Gasteiger charge is 2.46. The van der Waals surface area contributed by atoms with Crippen LogP contribution in [-0.2, 0) is 22.6 Å². The molecule has 9 heteroatoms. The summed E-state index contributed by atoms with van der Waals surface area (Å²) in [5, 5.41) is 5.84. The highest BCUT2D eigenvalue weighted by Crippen LogP contribution is 2.38. The summed E-state index contributed by atoms with van der Waals surface area (Å²) in [7, 11) is 1.61. The lowest BCUT2D eigenvalue weighted by Crippen LogP contribution is -2.49. The fourth-order valence-corrected chi connectivity index (χ4v) is 5.61. The van der Waals surface area contributed by atoms with Gasteiger partial charge in [-0.3, -0.25) is 14.5 Å². The summed E-state index contributed by atoms with van der Waals surface area (Å²) >= 11 is 0. The zero-order chi connectivity index (χ0) is 30.6. The summed E-state index contributed by atoms with van der Waals surface area (Å²) in [6.07, 6.45) is 0.262. The largest absolute Gasteiger partial charge is 0.457 e. The third kappa shape index (κ3) is 6.03. The maximum Gasteiger partial charge on any atom is 0.322 e. The maximum absolute atomic E-state index is 14.2. The van der Waals surface area contributed by atoms with Gasteiger partial charge in [0, 0.05) is 20.0 Å². The van der Waals surface area contributed by atoms with E-state index >= 15 is 0 Å². The SMILES string of the molecule is CN1C(=O)N[C@@H](c2cccc(Oc3ccccc3)c2)C2=C1CN([C@@H](Cc1ccccc1)C(=O)NCc1cccc(F)c1)C2=O. The number of carbonyl (C=O) groups excluding carboxylic acids is 3. The van der Waals surface area contributed by atoms with Crippen molar-refractivity contribution in [1.29, 1.82) is 0 Å². The lowest BCUT2D eigenvalue weighted by Gasteiger charge is -2.31. The van der Waals surface area contributed by atoms with Gasteiger partial charge >= 0.3 is 6.03 Å². The minimum absolute atomic E-state index is 0.0830. The average molecular weight is 591 g/mol. The van der Waals surface area contributed by atoms with E-state index in [9.17, 15) is 18.8 Å². The van der Waals surface area contributed by atoms with Crippen molar-refractivity contribution < 1.29 is 23.5 Å². The van der Waals surface area contributed by atoms with Crippen molar-refractivity contribution >= 4 is 17.8 Å². The Morgan fingerprint density at radius 1 is 0.909 bits per heavy atom. The first-order valence-corrected chi connectivity index (χ1v) is 14.3. The van der Waals surface area contributed by atoms with Gasteiger partial charge in [0.25, 0.3) is 5.91 Å². The van der Waals surface area contributed by atoms with Crippen LogP contribution in [-0.4, -0.2) is 47.3 Å². The van der Waals surface area contributed by atoms with Gasteiger partial charge in [0.1, 0.15) is 23.4 Å². The van der Waals surface area contributed by atoms with E-state index in [-0.39, 0.29) is 37.4 Å². The number of nitrogens with zero attached hydrogens (tertiary/aromatic N) is 2. The van der Waals surface area contributed by atoms with Gasteiger partial charge in [0.2, 0.25) is 5.91 Å². The molecule has 44 heavy (non-hydrogen) atoms. The predicted molar refractivity (Wildman–Crippen MR) is 163 cm³/mol. The maximum atomic E-state index is 14.2. The number of hydrogen-bond acceptors (Lipinski definition) is 4. The first-order valence-electron chi connectivity index (χ1n) is 14.3. The molecule has 0 saturated carbocycles. The molecule has 2 aliphatic heterocycles.